The maximum atomic E-state index is 13.4. The minimum Gasteiger partial charge on any atom is -0.256 e. The molecule has 0 radical (unpaired) electrons. The van der Waals surface area contributed by atoms with E-state index in [0.717, 1.165) is 30.5 Å². The van der Waals surface area contributed by atoms with Gasteiger partial charge in [0, 0.05) is 6.20 Å². The maximum Gasteiger partial charge on any atom is 0.416 e. The minimum atomic E-state index is -4.58. The summed E-state index contributed by atoms with van der Waals surface area (Å²) in [6, 6.07) is 4.40. The molecule has 1 aromatic heterocycles. The van der Waals surface area contributed by atoms with Gasteiger partial charge in [-0.3, -0.25) is 4.98 Å². The Morgan fingerprint density at radius 2 is 1.56 bits per heavy atom. The summed E-state index contributed by atoms with van der Waals surface area (Å²) in [7, 11) is 0. The van der Waals surface area contributed by atoms with Crippen molar-refractivity contribution in [2.24, 2.45) is 0 Å². The lowest BCUT2D eigenvalue weighted by molar-refractivity contribution is -0.137. The maximum absolute atomic E-state index is 13.4. The van der Waals surface area contributed by atoms with Crippen molar-refractivity contribution in [3.63, 3.8) is 0 Å². The van der Waals surface area contributed by atoms with Crippen LogP contribution in [0.2, 0.25) is 0 Å². The van der Waals surface area contributed by atoms with E-state index in [9.17, 15) is 22.0 Å². The average molecular weight is 259 g/mol. The summed E-state index contributed by atoms with van der Waals surface area (Å²) < 4.78 is 64.2. The van der Waals surface area contributed by atoms with Crippen LogP contribution in [-0.4, -0.2) is 4.98 Å². The number of benzene rings is 1. The molecule has 0 amide bonds. The van der Waals surface area contributed by atoms with Crippen LogP contribution in [-0.2, 0) is 6.18 Å². The molecule has 2 aromatic rings. The Bertz CT molecular complexity index is 557. The molecule has 1 aromatic carbocycles. The van der Waals surface area contributed by atoms with Crippen LogP contribution < -0.4 is 0 Å². The van der Waals surface area contributed by atoms with E-state index in [0.29, 0.717) is 6.07 Å². The number of aromatic nitrogens is 1. The molecule has 2 rings (SSSR count). The van der Waals surface area contributed by atoms with Gasteiger partial charge in [0.1, 0.15) is 11.6 Å². The second kappa shape index (κ2) is 4.36. The number of pyridine rings is 1. The van der Waals surface area contributed by atoms with Gasteiger partial charge in [0.2, 0.25) is 0 Å². The number of hydrogen-bond acceptors (Lipinski definition) is 1. The Morgan fingerprint density at radius 1 is 0.944 bits per heavy atom. The standard InChI is InChI=1S/C12H6F5N/c13-8-2-1-3-9(14)11(8)10-6-7(4-5-18-10)12(15,16)17/h1-6H. The van der Waals surface area contributed by atoms with Gasteiger partial charge < -0.3 is 0 Å². The molecule has 0 aliphatic carbocycles. The SMILES string of the molecule is Fc1cccc(F)c1-c1cc(C(F)(F)F)ccn1. The van der Waals surface area contributed by atoms with Crippen LogP contribution in [0.25, 0.3) is 11.3 Å². The van der Waals surface area contributed by atoms with Crippen molar-refractivity contribution in [3.05, 3.63) is 53.7 Å². The van der Waals surface area contributed by atoms with Gasteiger partial charge in [-0.2, -0.15) is 13.2 Å². The van der Waals surface area contributed by atoms with Crippen molar-refractivity contribution >= 4 is 0 Å². The van der Waals surface area contributed by atoms with Crippen LogP contribution in [0.5, 0.6) is 0 Å². The van der Waals surface area contributed by atoms with Gasteiger partial charge in [0.05, 0.1) is 16.8 Å². The van der Waals surface area contributed by atoms with Crippen LogP contribution in [0.3, 0.4) is 0 Å². The number of halogens is 5. The van der Waals surface area contributed by atoms with Crippen molar-refractivity contribution in [1.82, 2.24) is 4.98 Å². The molecule has 0 saturated heterocycles. The molecule has 0 saturated carbocycles. The molecular weight excluding hydrogens is 253 g/mol. The molecule has 94 valence electrons. The Balaban J connectivity index is 2.59. The third-order valence-corrected chi connectivity index (χ3v) is 2.31. The summed E-state index contributed by atoms with van der Waals surface area (Å²) in [4.78, 5) is 3.56. The molecular formula is C12H6F5N. The summed E-state index contributed by atoms with van der Waals surface area (Å²) in [6.07, 6.45) is -3.72. The average Bonchev–Trinajstić information content (AvgIpc) is 2.28. The summed E-state index contributed by atoms with van der Waals surface area (Å²) in [5.41, 5.74) is -1.96. The molecule has 1 heterocycles. The Hall–Kier alpha value is -1.98. The second-order valence-electron chi connectivity index (χ2n) is 3.52. The fourth-order valence-corrected chi connectivity index (χ4v) is 1.49. The highest BCUT2D eigenvalue weighted by Gasteiger charge is 2.31. The van der Waals surface area contributed by atoms with E-state index in [1.165, 1.54) is 0 Å². The first-order valence-electron chi connectivity index (χ1n) is 4.87. The molecule has 0 N–H and O–H groups in total. The smallest absolute Gasteiger partial charge is 0.256 e. The number of rotatable bonds is 1. The van der Waals surface area contributed by atoms with Crippen molar-refractivity contribution in [2.75, 3.05) is 0 Å². The molecule has 0 fully saturated rings. The lowest BCUT2D eigenvalue weighted by Gasteiger charge is -2.09. The summed E-state index contributed by atoms with van der Waals surface area (Å²) in [6.45, 7) is 0. The van der Waals surface area contributed by atoms with E-state index in [4.69, 9.17) is 0 Å². The highest BCUT2D eigenvalue weighted by atomic mass is 19.4. The molecule has 0 bridgehead atoms. The predicted octanol–water partition coefficient (Wildman–Crippen LogP) is 4.05. The van der Waals surface area contributed by atoms with E-state index < -0.39 is 28.9 Å². The highest BCUT2D eigenvalue weighted by molar-refractivity contribution is 5.61. The minimum absolute atomic E-state index is 0.388. The van der Waals surface area contributed by atoms with Crippen LogP contribution in [0.15, 0.2) is 36.5 Å². The van der Waals surface area contributed by atoms with Gasteiger partial charge >= 0.3 is 6.18 Å². The largest absolute Gasteiger partial charge is 0.416 e. The fraction of sp³-hybridized carbons (Fsp3) is 0.0833. The molecule has 0 aliphatic rings. The predicted molar refractivity (Wildman–Crippen MR) is 54.6 cm³/mol. The first-order valence-corrected chi connectivity index (χ1v) is 4.87. The molecule has 1 nitrogen and oxygen atoms in total. The van der Waals surface area contributed by atoms with Crippen LogP contribution >= 0.6 is 0 Å². The zero-order valence-corrected chi connectivity index (χ0v) is 8.80. The lowest BCUT2D eigenvalue weighted by atomic mass is 10.1. The number of hydrogen-bond donors (Lipinski definition) is 0. The van der Waals surface area contributed by atoms with Gasteiger partial charge in [-0.15, -0.1) is 0 Å². The molecule has 18 heavy (non-hydrogen) atoms. The van der Waals surface area contributed by atoms with Crippen LogP contribution in [0, 0.1) is 11.6 Å². The zero-order valence-electron chi connectivity index (χ0n) is 8.80. The second-order valence-corrected chi connectivity index (χ2v) is 3.52. The fourth-order valence-electron chi connectivity index (χ4n) is 1.49. The van der Waals surface area contributed by atoms with E-state index >= 15 is 0 Å². The summed E-state index contributed by atoms with van der Waals surface area (Å²) >= 11 is 0. The first-order chi connectivity index (χ1) is 8.39. The van der Waals surface area contributed by atoms with Gasteiger partial charge in [-0.05, 0) is 24.3 Å². The van der Waals surface area contributed by atoms with E-state index in [2.05, 4.69) is 4.98 Å². The highest BCUT2D eigenvalue weighted by Crippen LogP contribution is 2.32. The molecule has 0 unspecified atom stereocenters. The monoisotopic (exact) mass is 259 g/mol. The van der Waals surface area contributed by atoms with E-state index in [1.54, 1.807) is 0 Å². The molecule has 0 aliphatic heterocycles. The van der Waals surface area contributed by atoms with Gasteiger partial charge in [-0.25, -0.2) is 8.78 Å². The van der Waals surface area contributed by atoms with Crippen molar-refractivity contribution in [1.29, 1.82) is 0 Å². The summed E-state index contributed by atoms with van der Waals surface area (Å²) in [5, 5.41) is 0. The Morgan fingerprint density at radius 3 is 2.11 bits per heavy atom. The van der Waals surface area contributed by atoms with Gasteiger partial charge in [0.25, 0.3) is 0 Å². The topological polar surface area (TPSA) is 12.9 Å². The van der Waals surface area contributed by atoms with Gasteiger partial charge in [0.15, 0.2) is 0 Å². The first kappa shape index (κ1) is 12.5. The number of nitrogens with zero attached hydrogens (tertiary/aromatic N) is 1. The van der Waals surface area contributed by atoms with Crippen molar-refractivity contribution in [2.45, 2.75) is 6.18 Å². The van der Waals surface area contributed by atoms with Crippen LogP contribution in [0.4, 0.5) is 22.0 Å². The Labute approximate surface area is 98.9 Å². The quantitative estimate of drug-likeness (QED) is 0.704. The summed E-state index contributed by atoms with van der Waals surface area (Å²) in [5.74, 6) is -1.91. The van der Waals surface area contributed by atoms with E-state index in [1.807, 2.05) is 0 Å². The molecule has 0 atom stereocenters. The van der Waals surface area contributed by atoms with Gasteiger partial charge in [-0.1, -0.05) is 6.07 Å². The lowest BCUT2D eigenvalue weighted by Crippen LogP contribution is -2.05. The third-order valence-electron chi connectivity index (χ3n) is 2.31. The van der Waals surface area contributed by atoms with Crippen molar-refractivity contribution in [3.8, 4) is 11.3 Å². The van der Waals surface area contributed by atoms with E-state index in [-0.39, 0.29) is 5.69 Å². The zero-order chi connectivity index (χ0) is 13.3. The third kappa shape index (κ3) is 2.32. The normalized spacial score (nSPS) is 11.6. The molecule has 0 spiro atoms. The Kier molecular flexibility index (Phi) is 3.02. The molecule has 6 heteroatoms. The van der Waals surface area contributed by atoms with Crippen molar-refractivity contribution < 1.29 is 22.0 Å². The number of alkyl halides is 3. The van der Waals surface area contributed by atoms with Crippen LogP contribution in [0.1, 0.15) is 5.56 Å².